The average Bonchev–Trinajstić information content (AvgIpc) is 2.92. The van der Waals surface area contributed by atoms with Gasteiger partial charge >= 0.3 is 0 Å². The first-order valence-electron chi connectivity index (χ1n) is 9.54. The molecule has 0 spiro atoms. The number of hydrogen-bond acceptors (Lipinski definition) is 4. The fourth-order valence-electron chi connectivity index (χ4n) is 3.69. The van der Waals surface area contributed by atoms with Gasteiger partial charge in [-0.05, 0) is 50.0 Å². The van der Waals surface area contributed by atoms with Crippen LogP contribution in [0.25, 0.3) is 10.2 Å². The first-order chi connectivity index (χ1) is 12.6. The molecule has 0 radical (unpaired) electrons. The molecular formula is C22H30N2OS2. The quantitative estimate of drug-likeness (QED) is 0.357. The van der Waals surface area contributed by atoms with Crippen molar-refractivity contribution in [3.05, 3.63) is 45.1 Å². The lowest BCUT2D eigenvalue weighted by molar-refractivity contribution is 0.218. The van der Waals surface area contributed by atoms with Crippen LogP contribution >= 0.6 is 23.1 Å². The Morgan fingerprint density at radius 2 is 2.00 bits per heavy atom. The molecule has 0 saturated carbocycles. The minimum Gasteiger partial charge on any atom is -0.283 e. The molecule has 2 heterocycles. The Kier molecular flexibility index (Phi) is 5.74. The molecule has 3 nitrogen and oxygen atoms in total. The van der Waals surface area contributed by atoms with Crippen molar-refractivity contribution in [2.45, 2.75) is 65.6 Å². The zero-order chi connectivity index (χ0) is 19.9. The van der Waals surface area contributed by atoms with Crippen LogP contribution in [0.1, 0.15) is 51.5 Å². The van der Waals surface area contributed by atoms with Crippen molar-refractivity contribution in [2.75, 3.05) is 5.75 Å². The highest BCUT2D eigenvalue weighted by Gasteiger charge is 2.32. The molecule has 0 fully saturated rings. The maximum atomic E-state index is 13.4. The van der Waals surface area contributed by atoms with E-state index in [2.05, 4.69) is 33.9 Å². The van der Waals surface area contributed by atoms with Crippen LogP contribution in [0.3, 0.4) is 0 Å². The second-order valence-electron chi connectivity index (χ2n) is 8.98. The monoisotopic (exact) mass is 402 g/mol. The van der Waals surface area contributed by atoms with Crippen LogP contribution in [-0.2, 0) is 19.4 Å². The maximum absolute atomic E-state index is 13.4. The second kappa shape index (κ2) is 7.59. The Bertz CT molecular complexity index is 959. The van der Waals surface area contributed by atoms with Gasteiger partial charge in [0.15, 0.2) is 5.16 Å². The molecule has 146 valence electrons. The number of nitrogens with zero attached hydrogens (tertiary/aromatic N) is 2. The number of aryl methyl sites for hydroxylation is 1. The third-order valence-corrected chi connectivity index (χ3v) is 7.59. The summed E-state index contributed by atoms with van der Waals surface area (Å²) >= 11 is 3.32. The van der Waals surface area contributed by atoms with Crippen molar-refractivity contribution >= 4 is 33.3 Å². The Balaban J connectivity index is 2.12. The van der Waals surface area contributed by atoms with E-state index >= 15 is 0 Å². The highest BCUT2D eigenvalue weighted by atomic mass is 32.2. The van der Waals surface area contributed by atoms with Gasteiger partial charge in [0.2, 0.25) is 0 Å². The molecule has 1 atom stereocenters. The molecule has 5 heteroatoms. The molecule has 0 amide bonds. The Morgan fingerprint density at radius 1 is 1.30 bits per heavy atom. The highest BCUT2D eigenvalue weighted by molar-refractivity contribution is 7.99. The van der Waals surface area contributed by atoms with Gasteiger partial charge in [0.25, 0.3) is 5.56 Å². The van der Waals surface area contributed by atoms with E-state index in [9.17, 15) is 4.79 Å². The van der Waals surface area contributed by atoms with Crippen LogP contribution in [-0.4, -0.2) is 15.3 Å². The molecule has 0 N–H and O–H groups in total. The van der Waals surface area contributed by atoms with Gasteiger partial charge in [-0.3, -0.25) is 9.36 Å². The zero-order valence-corrected chi connectivity index (χ0v) is 18.8. The summed E-state index contributed by atoms with van der Waals surface area (Å²) in [6.07, 6.45) is 3.20. The Morgan fingerprint density at radius 3 is 2.59 bits per heavy atom. The SMILES string of the molecule is C=C(C)CSc1nc2sc3c(c2c(=O)n1CC(=C)C)CCC(C(C)(C)C)C3. The molecule has 0 saturated heterocycles. The summed E-state index contributed by atoms with van der Waals surface area (Å²) in [5.74, 6) is 1.43. The van der Waals surface area contributed by atoms with Gasteiger partial charge in [0, 0.05) is 17.2 Å². The van der Waals surface area contributed by atoms with Gasteiger partial charge in [-0.15, -0.1) is 11.3 Å². The van der Waals surface area contributed by atoms with Gasteiger partial charge in [0.1, 0.15) is 4.83 Å². The second-order valence-corrected chi connectivity index (χ2v) is 11.0. The van der Waals surface area contributed by atoms with Crippen molar-refractivity contribution in [1.29, 1.82) is 0 Å². The summed E-state index contributed by atoms with van der Waals surface area (Å²) in [6.45, 7) is 19.4. The molecule has 0 bridgehead atoms. The van der Waals surface area contributed by atoms with Crippen LogP contribution < -0.4 is 5.56 Å². The molecule has 1 unspecified atom stereocenters. The lowest BCUT2D eigenvalue weighted by atomic mass is 9.72. The predicted molar refractivity (Wildman–Crippen MR) is 119 cm³/mol. The standard InChI is InChI=1S/C22H30N2OS2/c1-13(2)11-24-20(25)18-16-9-8-15(22(5,6)7)10-17(16)27-19(18)23-21(24)26-12-14(3)4/h15H,1,3,8-12H2,2,4-7H3. The summed E-state index contributed by atoms with van der Waals surface area (Å²) in [5.41, 5.74) is 3.69. The van der Waals surface area contributed by atoms with E-state index in [0.29, 0.717) is 17.9 Å². The molecule has 1 aliphatic carbocycles. The van der Waals surface area contributed by atoms with Crippen molar-refractivity contribution in [1.82, 2.24) is 9.55 Å². The Labute approximate surface area is 170 Å². The lowest BCUT2D eigenvalue weighted by Crippen LogP contribution is -2.27. The zero-order valence-electron chi connectivity index (χ0n) is 17.1. The van der Waals surface area contributed by atoms with Crippen molar-refractivity contribution in [3.63, 3.8) is 0 Å². The summed E-state index contributed by atoms with van der Waals surface area (Å²) in [6, 6.07) is 0. The van der Waals surface area contributed by atoms with Crippen LogP contribution in [0.15, 0.2) is 34.3 Å². The van der Waals surface area contributed by atoms with Gasteiger partial charge in [-0.2, -0.15) is 0 Å². The minimum absolute atomic E-state index is 0.0962. The Hall–Kier alpha value is -1.33. The fourth-order valence-corrected chi connectivity index (χ4v) is 5.87. The number of hydrogen-bond donors (Lipinski definition) is 0. The number of thioether (sulfide) groups is 1. The summed E-state index contributed by atoms with van der Waals surface area (Å²) in [5, 5.41) is 1.63. The number of rotatable bonds is 5. The van der Waals surface area contributed by atoms with Crippen LogP contribution in [0.4, 0.5) is 0 Å². The molecule has 2 aromatic rings. The van der Waals surface area contributed by atoms with Crippen molar-refractivity contribution in [2.24, 2.45) is 11.3 Å². The van der Waals surface area contributed by atoms with Gasteiger partial charge in [-0.25, -0.2) is 4.98 Å². The van der Waals surface area contributed by atoms with E-state index in [1.54, 1.807) is 27.7 Å². The fraction of sp³-hybridized carbons (Fsp3) is 0.545. The van der Waals surface area contributed by atoms with E-state index < -0.39 is 0 Å². The number of fused-ring (bicyclic) bond motifs is 3. The smallest absolute Gasteiger partial charge is 0.263 e. The lowest BCUT2D eigenvalue weighted by Gasteiger charge is -2.33. The van der Waals surface area contributed by atoms with E-state index in [-0.39, 0.29) is 5.56 Å². The van der Waals surface area contributed by atoms with Crippen molar-refractivity contribution in [3.8, 4) is 0 Å². The molecule has 0 aliphatic heterocycles. The maximum Gasteiger partial charge on any atom is 0.263 e. The predicted octanol–water partition coefficient (Wildman–Crippen LogP) is 5.85. The normalized spacial score (nSPS) is 17.1. The van der Waals surface area contributed by atoms with Gasteiger partial charge in [0.05, 0.1) is 5.39 Å². The number of allylic oxidation sites excluding steroid dienone is 1. The number of aromatic nitrogens is 2. The molecular weight excluding hydrogens is 372 g/mol. The molecule has 3 rings (SSSR count). The van der Waals surface area contributed by atoms with Crippen molar-refractivity contribution < 1.29 is 0 Å². The van der Waals surface area contributed by atoms with E-state index in [4.69, 9.17) is 4.98 Å². The average molecular weight is 403 g/mol. The highest BCUT2D eigenvalue weighted by Crippen LogP contribution is 2.42. The molecule has 27 heavy (non-hydrogen) atoms. The number of thiophene rings is 1. The summed E-state index contributed by atoms with van der Waals surface area (Å²) < 4.78 is 1.81. The van der Waals surface area contributed by atoms with Gasteiger partial charge in [-0.1, -0.05) is 56.8 Å². The minimum atomic E-state index is 0.0962. The first kappa shape index (κ1) is 20.4. The third kappa shape index (κ3) is 4.24. The van der Waals surface area contributed by atoms with Gasteiger partial charge < -0.3 is 0 Å². The van der Waals surface area contributed by atoms with Crippen LogP contribution in [0, 0.1) is 11.3 Å². The van der Waals surface area contributed by atoms with Crippen LogP contribution in [0.5, 0.6) is 0 Å². The summed E-state index contributed by atoms with van der Waals surface area (Å²) in [7, 11) is 0. The topological polar surface area (TPSA) is 34.9 Å². The van der Waals surface area contributed by atoms with E-state index in [1.807, 2.05) is 13.8 Å². The molecule has 0 aromatic carbocycles. The van der Waals surface area contributed by atoms with Crippen LogP contribution in [0.2, 0.25) is 0 Å². The first-order valence-corrected chi connectivity index (χ1v) is 11.3. The van der Waals surface area contributed by atoms with E-state index in [0.717, 1.165) is 51.5 Å². The molecule has 1 aliphatic rings. The summed E-state index contributed by atoms with van der Waals surface area (Å²) in [4.78, 5) is 20.6. The molecule has 2 aromatic heterocycles. The largest absolute Gasteiger partial charge is 0.283 e. The third-order valence-electron chi connectivity index (χ3n) is 5.23. The van der Waals surface area contributed by atoms with E-state index in [1.165, 1.54) is 10.4 Å².